The first kappa shape index (κ1) is 28.3. The van der Waals surface area contributed by atoms with Crippen LogP contribution in [0.3, 0.4) is 0 Å². The Hall–Kier alpha value is -6.90. The topological polar surface area (TPSA) is 75.6 Å². The molecule has 0 bridgehead atoms. The molecule has 0 spiro atoms. The van der Waals surface area contributed by atoms with Crippen LogP contribution in [0.4, 0.5) is 0 Å². The highest BCUT2D eigenvalue weighted by atomic mass is 16.3. The van der Waals surface area contributed by atoms with Crippen molar-refractivity contribution in [1.29, 1.82) is 5.26 Å². The number of para-hydroxylation sites is 1. The Balaban J connectivity index is 1.22. The molecule has 0 amide bonds. The molecule has 2 aromatic heterocycles. The second kappa shape index (κ2) is 11.7. The quantitative estimate of drug-likeness (QED) is 0.190. The average Bonchev–Trinajstić information content (AvgIpc) is 3.57. The highest BCUT2D eigenvalue weighted by molar-refractivity contribution is 6.12. The molecule has 2 heterocycles. The summed E-state index contributed by atoms with van der Waals surface area (Å²) in [6, 6.07) is 55.2. The Morgan fingerprint density at radius 2 is 0.959 bits per heavy atom. The Bertz CT molecular complexity index is 2740. The van der Waals surface area contributed by atoms with E-state index in [0.717, 1.165) is 71.7 Å². The first-order chi connectivity index (χ1) is 24.2. The van der Waals surface area contributed by atoms with Gasteiger partial charge in [-0.05, 0) is 63.4 Å². The van der Waals surface area contributed by atoms with Crippen LogP contribution in [0.15, 0.2) is 162 Å². The molecule has 49 heavy (non-hydrogen) atoms. The van der Waals surface area contributed by atoms with Gasteiger partial charge in [0.1, 0.15) is 11.2 Å². The highest BCUT2D eigenvalue weighted by Crippen LogP contribution is 2.39. The van der Waals surface area contributed by atoms with Gasteiger partial charge in [0.05, 0.1) is 11.6 Å². The lowest BCUT2D eigenvalue weighted by atomic mass is 9.91. The van der Waals surface area contributed by atoms with Gasteiger partial charge in [-0.2, -0.15) is 5.26 Å². The van der Waals surface area contributed by atoms with Gasteiger partial charge in [-0.25, -0.2) is 15.0 Å². The predicted octanol–water partition coefficient (Wildman–Crippen LogP) is 11.1. The van der Waals surface area contributed by atoms with Gasteiger partial charge in [0, 0.05) is 27.5 Å². The summed E-state index contributed by atoms with van der Waals surface area (Å²) in [5.74, 6) is 1.77. The lowest BCUT2D eigenvalue weighted by molar-refractivity contribution is 0.669. The van der Waals surface area contributed by atoms with Crippen molar-refractivity contribution in [3.63, 3.8) is 0 Å². The van der Waals surface area contributed by atoms with E-state index in [-0.39, 0.29) is 0 Å². The van der Waals surface area contributed by atoms with Crippen LogP contribution < -0.4 is 0 Å². The summed E-state index contributed by atoms with van der Waals surface area (Å²) < 4.78 is 6.21. The van der Waals surface area contributed by atoms with Crippen LogP contribution in [0.5, 0.6) is 0 Å². The number of aromatic nitrogens is 3. The van der Waals surface area contributed by atoms with Crippen molar-refractivity contribution in [3.05, 3.63) is 163 Å². The van der Waals surface area contributed by atoms with Crippen LogP contribution in [0.2, 0.25) is 0 Å². The molecule has 0 saturated heterocycles. The zero-order chi connectivity index (χ0) is 32.7. The molecule has 0 aliphatic heterocycles. The monoisotopic (exact) mass is 626 g/mol. The normalized spacial score (nSPS) is 11.2. The van der Waals surface area contributed by atoms with Crippen molar-refractivity contribution in [2.24, 2.45) is 0 Å². The van der Waals surface area contributed by atoms with Crippen molar-refractivity contribution >= 4 is 32.7 Å². The molecule has 0 unspecified atom stereocenters. The number of furan rings is 1. The van der Waals surface area contributed by atoms with Crippen LogP contribution in [0.1, 0.15) is 5.56 Å². The lowest BCUT2D eigenvalue weighted by Gasteiger charge is -2.13. The largest absolute Gasteiger partial charge is 0.456 e. The summed E-state index contributed by atoms with van der Waals surface area (Å²) in [4.78, 5) is 15.2. The maximum absolute atomic E-state index is 9.51. The second-order valence-electron chi connectivity index (χ2n) is 11.9. The van der Waals surface area contributed by atoms with Crippen LogP contribution in [-0.2, 0) is 0 Å². The lowest BCUT2D eigenvalue weighted by Crippen LogP contribution is -2.00. The fourth-order valence-corrected chi connectivity index (χ4v) is 6.69. The molecular weight excluding hydrogens is 601 g/mol. The van der Waals surface area contributed by atoms with Gasteiger partial charge in [-0.15, -0.1) is 0 Å². The third kappa shape index (κ3) is 5.00. The van der Waals surface area contributed by atoms with E-state index in [1.807, 2.05) is 78.9 Å². The Kier molecular flexibility index (Phi) is 6.78. The molecular formula is C44H26N4O. The molecule has 0 radical (unpaired) electrons. The predicted molar refractivity (Wildman–Crippen MR) is 197 cm³/mol. The molecule has 0 aliphatic carbocycles. The molecule has 0 aliphatic rings. The number of hydrogen-bond donors (Lipinski definition) is 0. The van der Waals surface area contributed by atoms with Crippen LogP contribution in [0.25, 0.3) is 89.1 Å². The SMILES string of the molecule is N#Cc1cccc(-c2ccc(-c3cccc(-c4nc(-c5ccccc5)nc(-c5cccc6oc7ccccc7c56)n4)c3)c3ccccc23)c1. The van der Waals surface area contributed by atoms with Crippen molar-refractivity contribution < 1.29 is 4.42 Å². The fourth-order valence-electron chi connectivity index (χ4n) is 6.69. The standard InChI is InChI=1S/C44H26N4O/c45-27-28-11-8-14-30(25-28)33-23-24-34(36-18-5-4-17-35(33)36)31-15-9-16-32(26-31)43-46-42(29-12-2-1-3-13-29)47-44(48-43)38-20-10-22-40-41(38)37-19-6-7-21-39(37)49-40/h1-26H. The summed E-state index contributed by atoms with van der Waals surface area (Å²) >= 11 is 0. The first-order valence-electron chi connectivity index (χ1n) is 16.1. The zero-order valence-corrected chi connectivity index (χ0v) is 26.2. The molecule has 9 aromatic rings. The minimum Gasteiger partial charge on any atom is -0.456 e. The van der Waals surface area contributed by atoms with E-state index in [9.17, 15) is 5.26 Å². The number of nitriles is 1. The molecule has 0 saturated carbocycles. The van der Waals surface area contributed by atoms with Gasteiger partial charge in [-0.3, -0.25) is 0 Å². The zero-order valence-electron chi connectivity index (χ0n) is 26.2. The molecule has 0 atom stereocenters. The maximum atomic E-state index is 9.51. The van der Waals surface area contributed by atoms with Gasteiger partial charge < -0.3 is 4.42 Å². The number of fused-ring (bicyclic) bond motifs is 4. The third-order valence-electron chi connectivity index (χ3n) is 8.97. The second-order valence-corrected chi connectivity index (χ2v) is 11.9. The summed E-state index contributed by atoms with van der Waals surface area (Å²) in [7, 11) is 0. The highest BCUT2D eigenvalue weighted by Gasteiger charge is 2.18. The van der Waals surface area contributed by atoms with Crippen molar-refractivity contribution in [3.8, 4) is 62.5 Å². The van der Waals surface area contributed by atoms with E-state index in [0.29, 0.717) is 23.0 Å². The number of nitrogens with zero attached hydrogens (tertiary/aromatic N) is 4. The maximum Gasteiger partial charge on any atom is 0.164 e. The van der Waals surface area contributed by atoms with Crippen molar-refractivity contribution in [2.75, 3.05) is 0 Å². The molecule has 5 nitrogen and oxygen atoms in total. The summed E-state index contributed by atoms with van der Waals surface area (Å²) in [5, 5.41) is 13.8. The number of benzene rings is 7. The Morgan fingerprint density at radius 3 is 1.71 bits per heavy atom. The van der Waals surface area contributed by atoms with E-state index in [2.05, 4.69) is 84.9 Å². The fraction of sp³-hybridized carbons (Fsp3) is 0. The van der Waals surface area contributed by atoms with Crippen LogP contribution >= 0.6 is 0 Å². The summed E-state index contributed by atoms with van der Waals surface area (Å²) in [6.07, 6.45) is 0. The molecule has 228 valence electrons. The van der Waals surface area contributed by atoms with Crippen LogP contribution in [0, 0.1) is 11.3 Å². The molecule has 5 heteroatoms. The Morgan fingerprint density at radius 1 is 0.408 bits per heavy atom. The number of rotatable bonds is 5. The van der Waals surface area contributed by atoms with E-state index in [4.69, 9.17) is 19.4 Å². The van der Waals surface area contributed by atoms with Crippen LogP contribution in [-0.4, -0.2) is 15.0 Å². The van der Waals surface area contributed by atoms with E-state index in [1.165, 1.54) is 0 Å². The van der Waals surface area contributed by atoms with E-state index < -0.39 is 0 Å². The summed E-state index contributed by atoms with van der Waals surface area (Å²) in [5.41, 5.74) is 9.20. The van der Waals surface area contributed by atoms with Gasteiger partial charge in [0.25, 0.3) is 0 Å². The third-order valence-corrected chi connectivity index (χ3v) is 8.97. The minimum atomic E-state index is 0.584. The van der Waals surface area contributed by atoms with Gasteiger partial charge in [0.15, 0.2) is 17.5 Å². The van der Waals surface area contributed by atoms with Crippen molar-refractivity contribution in [2.45, 2.75) is 0 Å². The molecule has 0 N–H and O–H groups in total. The average molecular weight is 627 g/mol. The Labute approximate surface area is 282 Å². The van der Waals surface area contributed by atoms with Gasteiger partial charge in [-0.1, -0.05) is 127 Å². The smallest absolute Gasteiger partial charge is 0.164 e. The minimum absolute atomic E-state index is 0.584. The molecule has 9 rings (SSSR count). The van der Waals surface area contributed by atoms with E-state index in [1.54, 1.807) is 0 Å². The van der Waals surface area contributed by atoms with E-state index >= 15 is 0 Å². The molecule has 7 aromatic carbocycles. The van der Waals surface area contributed by atoms with Gasteiger partial charge >= 0.3 is 0 Å². The first-order valence-corrected chi connectivity index (χ1v) is 16.1. The van der Waals surface area contributed by atoms with Crippen molar-refractivity contribution in [1.82, 2.24) is 15.0 Å². The number of hydrogen-bond acceptors (Lipinski definition) is 5. The summed E-state index contributed by atoms with van der Waals surface area (Å²) in [6.45, 7) is 0. The molecule has 0 fully saturated rings. The van der Waals surface area contributed by atoms with Gasteiger partial charge in [0.2, 0.25) is 0 Å².